The van der Waals surface area contributed by atoms with Gasteiger partial charge in [-0.15, -0.1) is 0 Å². The highest BCUT2D eigenvalue weighted by Gasteiger charge is 2.29. The van der Waals surface area contributed by atoms with E-state index in [2.05, 4.69) is 10.1 Å². The molecule has 0 atom stereocenters. The first kappa shape index (κ1) is 15.3. The molecule has 0 heterocycles. The highest BCUT2D eigenvalue weighted by molar-refractivity contribution is 7.46. The third-order valence-corrected chi connectivity index (χ3v) is 3.45. The van der Waals surface area contributed by atoms with Crippen LogP contribution >= 0.6 is 7.82 Å². The van der Waals surface area contributed by atoms with E-state index < -0.39 is 13.4 Å². The van der Waals surface area contributed by atoms with Gasteiger partial charge in [0.25, 0.3) is 0 Å². The van der Waals surface area contributed by atoms with Crippen molar-refractivity contribution < 1.29 is 19.0 Å². The van der Waals surface area contributed by atoms with Crippen molar-refractivity contribution in [1.29, 1.82) is 0 Å². The highest BCUT2D eigenvalue weighted by Crippen LogP contribution is 2.36. The monoisotopic (exact) mass is 273 g/mol. The van der Waals surface area contributed by atoms with Gasteiger partial charge in [-0.3, -0.25) is 0 Å². The Hall–Kier alpha value is -0.710. The minimum atomic E-state index is -4.50. The Morgan fingerprint density at radius 1 is 1.22 bits per heavy atom. The van der Waals surface area contributed by atoms with Gasteiger partial charge < -0.3 is 9.79 Å². The zero-order valence-corrected chi connectivity index (χ0v) is 11.6. The summed E-state index contributed by atoms with van der Waals surface area (Å²) in [6.45, 7) is 3.92. The summed E-state index contributed by atoms with van der Waals surface area (Å²) in [6, 6.07) is 9.78. The van der Waals surface area contributed by atoms with Gasteiger partial charge in [0.2, 0.25) is 0 Å². The summed E-state index contributed by atoms with van der Waals surface area (Å²) in [5.41, 5.74) is 3.19. The Morgan fingerprint density at radius 3 is 2.22 bits per heavy atom. The minimum absolute atomic E-state index is 0.470. The Labute approximate surface area is 107 Å². The van der Waals surface area contributed by atoms with E-state index in [1.165, 1.54) is 0 Å². The normalized spacial score (nSPS) is 12.7. The average molecular weight is 273 g/mol. The van der Waals surface area contributed by atoms with Crippen LogP contribution in [-0.2, 0) is 15.6 Å². The van der Waals surface area contributed by atoms with Gasteiger partial charge >= 0.3 is 7.82 Å². The maximum atomic E-state index is 10.8. The van der Waals surface area contributed by atoms with Gasteiger partial charge in [-0.2, -0.15) is 10.1 Å². The second kappa shape index (κ2) is 6.45. The fourth-order valence-corrected chi connectivity index (χ4v) is 2.14. The van der Waals surface area contributed by atoms with Crippen LogP contribution < -0.4 is 5.48 Å². The molecule has 0 amide bonds. The van der Waals surface area contributed by atoms with Crippen molar-refractivity contribution in [3.05, 3.63) is 35.9 Å². The summed E-state index contributed by atoms with van der Waals surface area (Å²) in [6.07, 6.45) is 2.07. The van der Waals surface area contributed by atoms with Gasteiger partial charge in [0.15, 0.2) is 0 Å². The maximum absolute atomic E-state index is 10.8. The van der Waals surface area contributed by atoms with Crippen LogP contribution in [0.4, 0.5) is 0 Å². The highest BCUT2D eigenvalue weighted by atomic mass is 31.2. The van der Waals surface area contributed by atoms with E-state index in [0.29, 0.717) is 19.3 Å². The molecule has 1 aromatic carbocycles. The smallest absolute Gasteiger partial charge is 0.302 e. The standard InChI is InChI=1S/C12H20NO4P/c1-3-12(4-2,13-17-18(14,15)16)10-11-8-6-5-7-9-11/h5-9,13H,3-4,10H2,1-2H3,(H2,14,15,16). The van der Waals surface area contributed by atoms with E-state index in [0.717, 1.165) is 5.56 Å². The second-order valence-electron chi connectivity index (χ2n) is 4.33. The fourth-order valence-electron chi connectivity index (χ4n) is 1.82. The molecule has 0 saturated carbocycles. The number of benzene rings is 1. The lowest BCUT2D eigenvalue weighted by atomic mass is 9.87. The van der Waals surface area contributed by atoms with Crippen molar-refractivity contribution in [1.82, 2.24) is 5.48 Å². The lowest BCUT2D eigenvalue weighted by molar-refractivity contribution is 0.0458. The van der Waals surface area contributed by atoms with Crippen LogP contribution in [0.5, 0.6) is 0 Å². The zero-order valence-electron chi connectivity index (χ0n) is 10.7. The van der Waals surface area contributed by atoms with E-state index >= 15 is 0 Å². The molecule has 1 aromatic rings. The van der Waals surface area contributed by atoms with Gasteiger partial charge in [-0.25, -0.2) is 4.57 Å². The summed E-state index contributed by atoms with van der Waals surface area (Å²) >= 11 is 0. The molecule has 0 aliphatic rings. The molecule has 0 saturated heterocycles. The number of phosphoric acid groups is 1. The average Bonchev–Trinajstić information content (AvgIpc) is 2.35. The van der Waals surface area contributed by atoms with Crippen LogP contribution in [0.15, 0.2) is 30.3 Å². The molecule has 0 unspecified atom stereocenters. The molecular formula is C12H20NO4P. The van der Waals surface area contributed by atoms with E-state index in [4.69, 9.17) is 9.79 Å². The molecule has 102 valence electrons. The fraction of sp³-hybridized carbons (Fsp3) is 0.500. The molecule has 0 bridgehead atoms. The number of hydrogen-bond acceptors (Lipinski definition) is 3. The van der Waals surface area contributed by atoms with Gasteiger partial charge in [-0.05, 0) is 24.8 Å². The van der Waals surface area contributed by atoms with Crippen molar-refractivity contribution in [3.63, 3.8) is 0 Å². The first-order valence-electron chi connectivity index (χ1n) is 5.96. The Kier molecular flexibility index (Phi) is 5.50. The lowest BCUT2D eigenvalue weighted by Gasteiger charge is -2.32. The van der Waals surface area contributed by atoms with E-state index in [1.807, 2.05) is 44.2 Å². The van der Waals surface area contributed by atoms with Crippen molar-refractivity contribution in [2.45, 2.75) is 38.6 Å². The van der Waals surface area contributed by atoms with Crippen molar-refractivity contribution >= 4 is 7.82 Å². The largest absolute Gasteiger partial charge is 0.486 e. The summed E-state index contributed by atoms with van der Waals surface area (Å²) in [5.74, 6) is 0. The predicted molar refractivity (Wildman–Crippen MR) is 69.7 cm³/mol. The first-order chi connectivity index (χ1) is 8.41. The van der Waals surface area contributed by atoms with Gasteiger partial charge in [0.1, 0.15) is 0 Å². The molecule has 0 radical (unpaired) electrons. The molecule has 0 aromatic heterocycles. The molecule has 0 fully saturated rings. The summed E-state index contributed by atoms with van der Waals surface area (Å²) in [4.78, 5) is 17.5. The lowest BCUT2D eigenvalue weighted by Crippen LogP contribution is -2.45. The van der Waals surface area contributed by atoms with Crippen LogP contribution in [0.3, 0.4) is 0 Å². The van der Waals surface area contributed by atoms with Crippen molar-refractivity contribution in [2.75, 3.05) is 0 Å². The molecule has 3 N–H and O–H groups in total. The van der Waals surface area contributed by atoms with Gasteiger partial charge in [0.05, 0.1) is 0 Å². The summed E-state index contributed by atoms with van der Waals surface area (Å²) < 4.78 is 15.2. The quantitative estimate of drug-likeness (QED) is 0.525. The molecule has 18 heavy (non-hydrogen) atoms. The SMILES string of the molecule is CCC(CC)(Cc1ccccc1)NOP(=O)(O)O. The number of nitrogens with one attached hydrogen (secondary N) is 1. The third kappa shape index (κ3) is 4.88. The molecule has 1 rings (SSSR count). The summed E-state index contributed by atoms with van der Waals surface area (Å²) in [5, 5.41) is 0. The Balaban J connectivity index is 2.77. The van der Waals surface area contributed by atoms with Crippen LogP contribution in [0.2, 0.25) is 0 Å². The zero-order chi connectivity index (χ0) is 13.6. The number of rotatable bonds is 7. The molecule has 0 aliphatic carbocycles. The van der Waals surface area contributed by atoms with Gasteiger partial charge in [-0.1, -0.05) is 44.2 Å². The van der Waals surface area contributed by atoms with Crippen LogP contribution in [-0.4, -0.2) is 15.3 Å². The van der Waals surface area contributed by atoms with Crippen LogP contribution in [0.25, 0.3) is 0 Å². The van der Waals surface area contributed by atoms with Crippen LogP contribution in [0, 0.1) is 0 Å². The van der Waals surface area contributed by atoms with Gasteiger partial charge in [0, 0.05) is 5.54 Å². The number of hydrogen-bond donors (Lipinski definition) is 3. The first-order valence-corrected chi connectivity index (χ1v) is 7.49. The molecule has 6 heteroatoms. The molecule has 0 aliphatic heterocycles. The Morgan fingerprint density at radius 2 is 1.78 bits per heavy atom. The van der Waals surface area contributed by atoms with Crippen molar-refractivity contribution in [3.8, 4) is 0 Å². The molecule has 5 nitrogen and oxygen atoms in total. The molecule has 0 spiro atoms. The van der Waals surface area contributed by atoms with E-state index in [-0.39, 0.29) is 0 Å². The summed E-state index contributed by atoms with van der Waals surface area (Å²) in [7, 11) is -4.50. The van der Waals surface area contributed by atoms with E-state index in [1.54, 1.807) is 0 Å². The van der Waals surface area contributed by atoms with Crippen molar-refractivity contribution in [2.24, 2.45) is 0 Å². The third-order valence-electron chi connectivity index (χ3n) is 3.12. The molecular weight excluding hydrogens is 253 g/mol. The second-order valence-corrected chi connectivity index (χ2v) is 5.50. The predicted octanol–water partition coefficient (Wildman–Crippen LogP) is 2.40. The maximum Gasteiger partial charge on any atom is 0.486 e. The van der Waals surface area contributed by atoms with E-state index in [9.17, 15) is 4.57 Å². The number of hydroxylamine groups is 1. The van der Waals surface area contributed by atoms with Crippen LogP contribution in [0.1, 0.15) is 32.3 Å². The topological polar surface area (TPSA) is 78.8 Å². The Bertz CT molecular complexity index is 400. The minimum Gasteiger partial charge on any atom is -0.302 e.